The first-order chi connectivity index (χ1) is 10.0. The summed E-state index contributed by atoms with van der Waals surface area (Å²) < 4.78 is 5.43. The molecule has 1 atom stereocenters. The van der Waals surface area contributed by atoms with Gasteiger partial charge in [0.05, 0.1) is 0 Å². The smallest absolute Gasteiger partial charge is 0.326 e. The fourth-order valence-corrected chi connectivity index (χ4v) is 2.17. The van der Waals surface area contributed by atoms with Crippen molar-refractivity contribution < 1.29 is 19.1 Å². The maximum absolute atomic E-state index is 12.1. The van der Waals surface area contributed by atoms with E-state index >= 15 is 0 Å². The third-order valence-corrected chi connectivity index (χ3v) is 3.46. The van der Waals surface area contributed by atoms with Gasteiger partial charge in [0.1, 0.15) is 17.5 Å². The van der Waals surface area contributed by atoms with Crippen LogP contribution in [0.3, 0.4) is 0 Å². The third kappa shape index (κ3) is 2.81. The Kier molecular flexibility index (Phi) is 3.25. The van der Waals surface area contributed by atoms with Crippen LogP contribution in [-0.2, 0) is 4.79 Å². The van der Waals surface area contributed by atoms with Crippen LogP contribution in [0.1, 0.15) is 29.1 Å². The summed E-state index contributed by atoms with van der Waals surface area (Å²) in [6.45, 7) is 1.82. The molecular weight excluding hydrogens is 274 g/mol. The quantitative estimate of drug-likeness (QED) is 0.774. The van der Waals surface area contributed by atoms with Gasteiger partial charge in [-0.05, 0) is 37.8 Å². The molecule has 1 fully saturated rings. The maximum Gasteiger partial charge on any atom is 0.326 e. The van der Waals surface area contributed by atoms with Crippen molar-refractivity contribution in [1.29, 1.82) is 0 Å². The molecule has 0 spiro atoms. The van der Waals surface area contributed by atoms with Crippen LogP contribution >= 0.6 is 0 Å². The molecule has 7 nitrogen and oxygen atoms in total. The molecule has 110 valence electrons. The summed E-state index contributed by atoms with van der Waals surface area (Å²) in [5.74, 6) is -0.151. The summed E-state index contributed by atoms with van der Waals surface area (Å²) in [6, 6.07) is 4.28. The van der Waals surface area contributed by atoms with Gasteiger partial charge in [0.15, 0.2) is 11.5 Å². The molecule has 0 bridgehead atoms. The lowest BCUT2D eigenvalue weighted by molar-refractivity contribution is -0.139. The van der Waals surface area contributed by atoms with Crippen LogP contribution in [0.15, 0.2) is 22.6 Å². The van der Waals surface area contributed by atoms with Crippen molar-refractivity contribution in [2.24, 2.45) is 5.92 Å². The minimum Gasteiger partial charge on any atom is -0.480 e. The van der Waals surface area contributed by atoms with Crippen molar-refractivity contribution in [2.75, 3.05) is 0 Å². The number of carbonyl (C=O) groups is 2. The summed E-state index contributed by atoms with van der Waals surface area (Å²) in [4.78, 5) is 23.2. The number of aryl methyl sites for hydroxylation is 1. The molecule has 1 aliphatic rings. The van der Waals surface area contributed by atoms with E-state index in [-0.39, 0.29) is 11.6 Å². The molecule has 3 N–H and O–H groups in total. The zero-order chi connectivity index (χ0) is 15.0. The predicted octanol–water partition coefficient (Wildman–Crippen LogP) is 1.57. The van der Waals surface area contributed by atoms with Gasteiger partial charge in [0, 0.05) is 6.07 Å². The largest absolute Gasteiger partial charge is 0.480 e. The zero-order valence-electron chi connectivity index (χ0n) is 11.4. The van der Waals surface area contributed by atoms with Gasteiger partial charge in [-0.1, -0.05) is 0 Å². The normalized spacial score (nSPS) is 15.7. The Morgan fingerprint density at radius 2 is 2.24 bits per heavy atom. The van der Waals surface area contributed by atoms with Gasteiger partial charge >= 0.3 is 5.97 Å². The Balaban J connectivity index is 1.73. The maximum atomic E-state index is 12.1. The van der Waals surface area contributed by atoms with Gasteiger partial charge in [0.25, 0.3) is 5.91 Å². The number of aliphatic carboxylic acids is 1. The van der Waals surface area contributed by atoms with Gasteiger partial charge in [0.2, 0.25) is 0 Å². The van der Waals surface area contributed by atoms with Gasteiger partial charge in [-0.15, -0.1) is 0 Å². The molecular formula is C14H15N3O4. The van der Waals surface area contributed by atoms with Crippen molar-refractivity contribution in [3.8, 4) is 11.5 Å². The van der Waals surface area contributed by atoms with E-state index in [4.69, 9.17) is 9.52 Å². The lowest BCUT2D eigenvalue weighted by Crippen LogP contribution is -2.42. The molecule has 0 saturated heterocycles. The summed E-state index contributed by atoms with van der Waals surface area (Å²) in [5.41, 5.74) is 0.720. The second-order valence-corrected chi connectivity index (χ2v) is 5.20. The van der Waals surface area contributed by atoms with Crippen LogP contribution in [0.2, 0.25) is 0 Å². The Hall–Kier alpha value is -2.57. The highest BCUT2D eigenvalue weighted by atomic mass is 16.4. The third-order valence-electron chi connectivity index (χ3n) is 3.46. The summed E-state index contributed by atoms with van der Waals surface area (Å²) >= 11 is 0. The fraction of sp³-hybridized carbons (Fsp3) is 0.357. The van der Waals surface area contributed by atoms with Crippen molar-refractivity contribution in [1.82, 2.24) is 15.5 Å². The molecule has 0 aromatic carbocycles. The highest BCUT2D eigenvalue weighted by molar-refractivity contribution is 5.95. The van der Waals surface area contributed by atoms with E-state index in [0.29, 0.717) is 11.5 Å². The van der Waals surface area contributed by atoms with Crippen molar-refractivity contribution in [2.45, 2.75) is 25.8 Å². The summed E-state index contributed by atoms with van der Waals surface area (Å²) in [7, 11) is 0. The van der Waals surface area contributed by atoms with Gasteiger partial charge in [-0.25, -0.2) is 4.79 Å². The Morgan fingerprint density at radius 3 is 2.81 bits per heavy atom. The SMILES string of the molecule is Cc1ccc(-c2cc(C(=O)NC(C(=O)O)C3CC3)n[nH]2)o1. The molecule has 1 amide bonds. The van der Waals surface area contributed by atoms with E-state index in [1.807, 2.05) is 13.0 Å². The van der Waals surface area contributed by atoms with E-state index < -0.39 is 17.9 Å². The van der Waals surface area contributed by atoms with Crippen molar-refractivity contribution in [3.63, 3.8) is 0 Å². The number of carbonyl (C=O) groups excluding carboxylic acids is 1. The number of aromatic amines is 1. The van der Waals surface area contributed by atoms with E-state index in [2.05, 4.69) is 15.5 Å². The molecule has 1 saturated carbocycles. The molecule has 1 unspecified atom stereocenters. The standard InChI is InChI=1S/C14H15N3O4/c1-7-2-5-11(21-7)9-6-10(17-16-9)13(18)15-12(14(19)20)8-3-4-8/h2,5-6,8,12H,3-4H2,1H3,(H,15,18)(H,16,17)(H,19,20). The Bertz CT molecular complexity index is 684. The van der Waals surface area contributed by atoms with Crippen LogP contribution in [-0.4, -0.2) is 33.2 Å². The number of amides is 1. The fourth-order valence-electron chi connectivity index (χ4n) is 2.17. The van der Waals surface area contributed by atoms with E-state index in [0.717, 1.165) is 18.6 Å². The number of aromatic nitrogens is 2. The van der Waals surface area contributed by atoms with Crippen LogP contribution < -0.4 is 5.32 Å². The molecule has 2 heterocycles. The minimum atomic E-state index is -1.01. The highest BCUT2D eigenvalue weighted by Gasteiger charge is 2.37. The summed E-state index contributed by atoms with van der Waals surface area (Å²) in [6.07, 6.45) is 1.66. The number of H-pyrrole nitrogens is 1. The first-order valence-electron chi connectivity index (χ1n) is 6.70. The number of carboxylic acid groups (broad SMARTS) is 1. The van der Waals surface area contributed by atoms with Crippen molar-refractivity contribution >= 4 is 11.9 Å². The number of rotatable bonds is 5. The molecule has 0 radical (unpaired) electrons. The molecule has 1 aliphatic carbocycles. The van der Waals surface area contributed by atoms with Crippen LogP contribution in [0.5, 0.6) is 0 Å². The molecule has 0 aliphatic heterocycles. The first-order valence-corrected chi connectivity index (χ1v) is 6.70. The highest BCUT2D eigenvalue weighted by Crippen LogP contribution is 2.32. The second-order valence-electron chi connectivity index (χ2n) is 5.20. The number of hydrogen-bond acceptors (Lipinski definition) is 4. The minimum absolute atomic E-state index is 0.0255. The Morgan fingerprint density at radius 1 is 1.48 bits per heavy atom. The zero-order valence-corrected chi connectivity index (χ0v) is 11.4. The number of carboxylic acids is 1. The second kappa shape index (κ2) is 5.08. The molecule has 3 rings (SSSR count). The molecule has 2 aromatic rings. The number of hydrogen-bond donors (Lipinski definition) is 3. The lowest BCUT2D eigenvalue weighted by Gasteiger charge is -2.11. The molecule has 2 aromatic heterocycles. The first kappa shape index (κ1) is 13.4. The van der Waals surface area contributed by atoms with Crippen LogP contribution in [0.4, 0.5) is 0 Å². The topological polar surface area (TPSA) is 108 Å². The average molecular weight is 289 g/mol. The Labute approximate surface area is 120 Å². The monoisotopic (exact) mass is 289 g/mol. The number of nitrogens with one attached hydrogen (secondary N) is 2. The number of furan rings is 1. The van der Waals surface area contributed by atoms with Crippen LogP contribution in [0.25, 0.3) is 11.5 Å². The predicted molar refractivity (Wildman–Crippen MR) is 72.6 cm³/mol. The summed E-state index contributed by atoms with van der Waals surface area (Å²) in [5, 5.41) is 18.2. The number of nitrogens with zero attached hydrogens (tertiary/aromatic N) is 1. The van der Waals surface area contributed by atoms with Crippen molar-refractivity contribution in [3.05, 3.63) is 29.7 Å². The molecule has 21 heavy (non-hydrogen) atoms. The lowest BCUT2D eigenvalue weighted by atomic mass is 10.2. The van der Waals surface area contributed by atoms with Crippen LogP contribution in [0, 0.1) is 12.8 Å². The van der Waals surface area contributed by atoms with Gasteiger partial charge < -0.3 is 14.8 Å². The van der Waals surface area contributed by atoms with E-state index in [9.17, 15) is 9.59 Å². The van der Waals surface area contributed by atoms with Gasteiger partial charge in [-0.2, -0.15) is 5.10 Å². The average Bonchev–Trinajstić information content (AvgIpc) is 2.98. The van der Waals surface area contributed by atoms with E-state index in [1.54, 1.807) is 12.1 Å². The van der Waals surface area contributed by atoms with E-state index in [1.165, 1.54) is 0 Å². The van der Waals surface area contributed by atoms with Gasteiger partial charge in [-0.3, -0.25) is 9.89 Å². The molecule has 7 heteroatoms.